The van der Waals surface area contributed by atoms with Gasteiger partial charge in [0.25, 0.3) is 0 Å². The van der Waals surface area contributed by atoms with E-state index in [9.17, 15) is 4.21 Å². The lowest BCUT2D eigenvalue weighted by Crippen LogP contribution is -2.04. The molecule has 0 saturated heterocycles. The summed E-state index contributed by atoms with van der Waals surface area (Å²) < 4.78 is 14.2. The van der Waals surface area contributed by atoms with Crippen molar-refractivity contribution in [3.63, 3.8) is 0 Å². The van der Waals surface area contributed by atoms with Crippen LogP contribution < -0.4 is 5.73 Å². The van der Waals surface area contributed by atoms with Crippen molar-refractivity contribution in [2.45, 2.75) is 24.3 Å². The van der Waals surface area contributed by atoms with E-state index in [2.05, 4.69) is 15.1 Å². The molecule has 1 aromatic carbocycles. The Morgan fingerprint density at radius 1 is 1.38 bits per heavy atom. The molecule has 0 saturated carbocycles. The SMILES string of the molecule is CCc1cc(CS(=O)c2nc3ccc(N)cc3[nH]2)n(C)n1. The second-order valence-corrected chi connectivity index (χ2v) is 6.28. The molecule has 21 heavy (non-hydrogen) atoms. The highest BCUT2D eigenvalue weighted by Gasteiger charge is 2.14. The third-order valence-corrected chi connectivity index (χ3v) is 4.55. The highest BCUT2D eigenvalue weighted by Crippen LogP contribution is 2.18. The third kappa shape index (κ3) is 2.69. The number of rotatable bonds is 4. The van der Waals surface area contributed by atoms with Crippen LogP contribution in [-0.2, 0) is 30.0 Å². The molecule has 7 heteroatoms. The van der Waals surface area contributed by atoms with E-state index in [0.717, 1.165) is 28.8 Å². The number of aromatic nitrogens is 4. The molecule has 0 aliphatic rings. The Morgan fingerprint density at radius 2 is 2.19 bits per heavy atom. The van der Waals surface area contributed by atoms with Crippen molar-refractivity contribution >= 4 is 27.5 Å². The number of aromatic amines is 1. The lowest BCUT2D eigenvalue weighted by molar-refractivity contribution is 0.670. The zero-order valence-corrected chi connectivity index (χ0v) is 12.8. The van der Waals surface area contributed by atoms with Crippen LogP contribution in [0.25, 0.3) is 11.0 Å². The maximum atomic E-state index is 12.5. The Bertz CT molecular complexity index is 820. The molecule has 0 spiro atoms. The zero-order valence-electron chi connectivity index (χ0n) is 12.0. The van der Waals surface area contributed by atoms with Gasteiger partial charge in [-0.2, -0.15) is 5.10 Å². The van der Waals surface area contributed by atoms with Gasteiger partial charge in [-0.25, -0.2) is 4.98 Å². The van der Waals surface area contributed by atoms with Crippen molar-refractivity contribution in [3.8, 4) is 0 Å². The average molecular weight is 303 g/mol. The molecular weight excluding hydrogens is 286 g/mol. The number of hydrogen-bond donors (Lipinski definition) is 2. The molecule has 3 N–H and O–H groups in total. The summed E-state index contributed by atoms with van der Waals surface area (Å²) in [7, 11) is 0.625. The lowest BCUT2D eigenvalue weighted by atomic mass is 10.3. The summed E-state index contributed by atoms with van der Waals surface area (Å²) in [5, 5.41) is 4.83. The first-order valence-electron chi connectivity index (χ1n) is 6.72. The van der Waals surface area contributed by atoms with E-state index in [1.807, 2.05) is 26.1 Å². The van der Waals surface area contributed by atoms with E-state index >= 15 is 0 Å². The van der Waals surface area contributed by atoms with Gasteiger partial charge in [0.15, 0.2) is 5.16 Å². The molecule has 110 valence electrons. The van der Waals surface area contributed by atoms with Gasteiger partial charge in [0.05, 0.1) is 39.0 Å². The number of H-pyrrole nitrogens is 1. The van der Waals surface area contributed by atoms with Gasteiger partial charge in [0.1, 0.15) is 0 Å². The largest absolute Gasteiger partial charge is 0.399 e. The minimum absolute atomic E-state index is 0.388. The highest BCUT2D eigenvalue weighted by molar-refractivity contribution is 7.84. The summed E-state index contributed by atoms with van der Waals surface area (Å²) in [6.45, 7) is 2.05. The maximum Gasteiger partial charge on any atom is 0.197 e. The maximum absolute atomic E-state index is 12.5. The molecule has 1 unspecified atom stereocenters. The number of fused-ring (bicyclic) bond motifs is 1. The molecule has 0 fully saturated rings. The predicted molar refractivity (Wildman–Crippen MR) is 83.2 cm³/mol. The Hall–Kier alpha value is -2.15. The Labute approximate surface area is 124 Å². The number of hydrogen-bond acceptors (Lipinski definition) is 4. The van der Waals surface area contributed by atoms with Gasteiger partial charge in [-0.05, 0) is 30.7 Å². The van der Waals surface area contributed by atoms with E-state index in [0.29, 0.717) is 16.6 Å². The second kappa shape index (κ2) is 5.33. The van der Waals surface area contributed by atoms with E-state index in [1.54, 1.807) is 16.8 Å². The standard InChI is InChI=1S/C14H17N5OS/c1-3-10-7-11(19(2)18-10)8-21(20)14-16-12-5-4-9(15)6-13(12)17-14/h4-7H,3,8,15H2,1-2H3,(H,16,17). The monoisotopic (exact) mass is 303 g/mol. The average Bonchev–Trinajstić information content (AvgIpc) is 3.02. The quantitative estimate of drug-likeness (QED) is 0.719. The fourth-order valence-corrected chi connectivity index (χ4v) is 3.29. The fourth-order valence-electron chi connectivity index (χ4n) is 2.19. The second-order valence-electron chi connectivity index (χ2n) is 4.91. The molecule has 0 aliphatic carbocycles. The van der Waals surface area contributed by atoms with Gasteiger partial charge in [-0.3, -0.25) is 8.89 Å². The number of aryl methyl sites for hydroxylation is 2. The van der Waals surface area contributed by atoms with Crippen LogP contribution in [0.1, 0.15) is 18.3 Å². The summed E-state index contributed by atoms with van der Waals surface area (Å²) in [5.41, 5.74) is 9.90. The molecular formula is C14H17N5OS. The van der Waals surface area contributed by atoms with E-state index < -0.39 is 10.8 Å². The smallest absolute Gasteiger partial charge is 0.197 e. The minimum atomic E-state index is -1.24. The number of nitrogen functional groups attached to an aromatic ring is 1. The third-order valence-electron chi connectivity index (χ3n) is 3.37. The molecule has 2 heterocycles. The van der Waals surface area contributed by atoms with Gasteiger partial charge < -0.3 is 10.7 Å². The van der Waals surface area contributed by atoms with Gasteiger partial charge in [-0.15, -0.1) is 0 Å². The first-order chi connectivity index (χ1) is 10.1. The topological polar surface area (TPSA) is 89.6 Å². The minimum Gasteiger partial charge on any atom is -0.399 e. The van der Waals surface area contributed by atoms with E-state index in [-0.39, 0.29) is 0 Å². The number of anilines is 1. The van der Waals surface area contributed by atoms with Crippen LogP contribution in [0.2, 0.25) is 0 Å². The number of imidazole rings is 1. The molecule has 3 rings (SSSR count). The van der Waals surface area contributed by atoms with Crippen LogP contribution in [0.3, 0.4) is 0 Å². The van der Waals surface area contributed by atoms with Gasteiger partial charge in [-0.1, -0.05) is 6.92 Å². The van der Waals surface area contributed by atoms with Crippen LogP contribution in [0.4, 0.5) is 5.69 Å². The first-order valence-corrected chi connectivity index (χ1v) is 8.04. The summed E-state index contributed by atoms with van der Waals surface area (Å²) in [6.07, 6.45) is 0.865. The molecule has 0 bridgehead atoms. The summed E-state index contributed by atoms with van der Waals surface area (Å²) in [5.74, 6) is 0.388. The molecule has 6 nitrogen and oxygen atoms in total. The van der Waals surface area contributed by atoms with Gasteiger partial charge in [0.2, 0.25) is 0 Å². The summed E-state index contributed by atoms with van der Waals surface area (Å²) in [4.78, 5) is 7.44. The van der Waals surface area contributed by atoms with Crippen LogP contribution in [0.15, 0.2) is 29.4 Å². The Balaban J connectivity index is 1.87. The molecule has 3 aromatic rings. The van der Waals surface area contributed by atoms with Crippen molar-refractivity contribution in [2.75, 3.05) is 5.73 Å². The number of benzene rings is 1. The van der Waals surface area contributed by atoms with Crippen molar-refractivity contribution in [3.05, 3.63) is 35.7 Å². The van der Waals surface area contributed by atoms with E-state index in [4.69, 9.17) is 5.73 Å². The van der Waals surface area contributed by atoms with Crippen molar-refractivity contribution in [2.24, 2.45) is 7.05 Å². The van der Waals surface area contributed by atoms with Crippen molar-refractivity contribution in [1.82, 2.24) is 19.7 Å². The van der Waals surface area contributed by atoms with Crippen LogP contribution in [-0.4, -0.2) is 24.0 Å². The first kappa shape index (κ1) is 13.8. The summed E-state index contributed by atoms with van der Waals surface area (Å²) >= 11 is 0. The van der Waals surface area contributed by atoms with Crippen LogP contribution in [0, 0.1) is 0 Å². The Morgan fingerprint density at radius 3 is 2.90 bits per heavy atom. The van der Waals surface area contributed by atoms with Crippen LogP contribution in [0.5, 0.6) is 0 Å². The molecule has 0 amide bonds. The molecule has 1 atom stereocenters. The lowest BCUT2D eigenvalue weighted by Gasteiger charge is -1.99. The molecule has 2 aromatic heterocycles. The highest BCUT2D eigenvalue weighted by atomic mass is 32.2. The predicted octanol–water partition coefficient (Wildman–Crippen LogP) is 1.75. The van der Waals surface area contributed by atoms with Gasteiger partial charge in [0, 0.05) is 12.7 Å². The number of nitrogens with two attached hydrogens (primary N) is 1. The summed E-state index contributed by atoms with van der Waals surface area (Å²) in [6, 6.07) is 7.38. The van der Waals surface area contributed by atoms with Crippen LogP contribution >= 0.6 is 0 Å². The van der Waals surface area contributed by atoms with E-state index in [1.165, 1.54) is 0 Å². The Kier molecular flexibility index (Phi) is 3.50. The van der Waals surface area contributed by atoms with Crippen molar-refractivity contribution < 1.29 is 4.21 Å². The normalized spacial score (nSPS) is 12.9. The van der Waals surface area contributed by atoms with Gasteiger partial charge >= 0.3 is 0 Å². The fraction of sp³-hybridized carbons (Fsp3) is 0.286. The molecule has 0 radical (unpaired) electrons. The number of nitrogens with zero attached hydrogens (tertiary/aromatic N) is 3. The molecule has 0 aliphatic heterocycles. The zero-order chi connectivity index (χ0) is 15.0. The number of nitrogens with one attached hydrogen (secondary N) is 1. The van der Waals surface area contributed by atoms with Crippen molar-refractivity contribution in [1.29, 1.82) is 0 Å².